The van der Waals surface area contributed by atoms with E-state index in [1.807, 2.05) is 20.8 Å². The van der Waals surface area contributed by atoms with Crippen LogP contribution in [0.2, 0.25) is 0 Å². The average molecular weight is 378 g/mol. The Balaban J connectivity index is -0.000000107. The van der Waals surface area contributed by atoms with Crippen molar-refractivity contribution >= 4 is 11.9 Å². The molecule has 0 saturated heterocycles. The molecule has 0 aliphatic carbocycles. The van der Waals surface area contributed by atoms with Crippen molar-refractivity contribution < 1.29 is 31.1 Å². The molecule has 0 aliphatic heterocycles. The number of nitrogens with one attached hydrogen (secondary N) is 2. The van der Waals surface area contributed by atoms with E-state index in [0.29, 0.717) is 11.6 Å². The van der Waals surface area contributed by atoms with Gasteiger partial charge in [0.2, 0.25) is 0 Å². The van der Waals surface area contributed by atoms with E-state index in [1.165, 1.54) is 0 Å². The summed E-state index contributed by atoms with van der Waals surface area (Å²) in [6, 6.07) is 0. The van der Waals surface area contributed by atoms with Gasteiger partial charge in [0.15, 0.2) is 0 Å². The van der Waals surface area contributed by atoms with Gasteiger partial charge in [-0.05, 0) is 0 Å². The zero-order valence-corrected chi connectivity index (χ0v) is 11.8. The van der Waals surface area contributed by atoms with Gasteiger partial charge in [-0.1, -0.05) is 20.8 Å². The first-order chi connectivity index (χ1) is 4.54. The van der Waals surface area contributed by atoms with Crippen molar-refractivity contribution in [3.8, 4) is 0 Å². The number of hydrogen-bond acceptors (Lipinski definition) is 2. The Labute approximate surface area is 93.6 Å². The average Bonchev–Trinajstić information content (AvgIpc) is 1.89. The van der Waals surface area contributed by atoms with Crippen LogP contribution in [0.1, 0.15) is 27.7 Å². The second-order valence-corrected chi connectivity index (χ2v) is 2.27. The molecule has 0 unspecified atom stereocenters. The molecule has 0 aromatic carbocycles. The molecule has 0 aromatic heterocycles. The predicted octanol–water partition coefficient (Wildman–Crippen LogP) is 2.42. The van der Waals surface area contributed by atoms with Crippen molar-refractivity contribution in [1.82, 2.24) is 0 Å². The standard InChI is InChI=1S/2C4H8N.U/c1-4(2)3-5;1-3-4(2)5;/h4-5H,1-2H3;3,5H,1-2H3;/q2*-1;+2. The maximum Gasteiger partial charge on any atom is 2.00 e. The van der Waals surface area contributed by atoms with E-state index >= 15 is 0 Å². The minimum absolute atomic E-state index is 0. The minimum Gasteiger partial charge on any atom is -0.518 e. The molecule has 0 rings (SSSR count). The molecule has 0 saturated carbocycles. The largest absolute Gasteiger partial charge is 2.00 e. The molecule has 0 atom stereocenters. The summed E-state index contributed by atoms with van der Waals surface area (Å²) in [5.74, 6) is 0.301. The quantitative estimate of drug-likeness (QED) is 0.548. The van der Waals surface area contributed by atoms with Gasteiger partial charge in [-0.25, -0.2) is 0 Å². The van der Waals surface area contributed by atoms with Gasteiger partial charge in [0.1, 0.15) is 0 Å². The smallest absolute Gasteiger partial charge is 0.518 e. The minimum atomic E-state index is 0. The number of rotatable bonds is 2. The first-order valence-corrected chi connectivity index (χ1v) is 3.31. The van der Waals surface area contributed by atoms with E-state index in [-0.39, 0.29) is 31.1 Å². The zero-order valence-electron chi connectivity index (χ0n) is 7.65. The van der Waals surface area contributed by atoms with E-state index in [9.17, 15) is 0 Å². The van der Waals surface area contributed by atoms with Crippen LogP contribution in [0, 0.1) is 54.3 Å². The van der Waals surface area contributed by atoms with Crippen LogP contribution in [-0.2, 0) is 0 Å². The predicted molar refractivity (Wildman–Crippen MR) is 45.9 cm³/mol. The van der Waals surface area contributed by atoms with Crippen molar-refractivity contribution in [2.75, 3.05) is 0 Å². The fourth-order valence-corrected chi connectivity index (χ4v) is 0. The molecule has 3 heteroatoms. The van der Waals surface area contributed by atoms with Crippen molar-refractivity contribution in [3.05, 3.63) is 6.42 Å². The summed E-state index contributed by atoms with van der Waals surface area (Å²) >= 11 is 0. The molecule has 0 aliphatic rings. The molecule has 0 amide bonds. The summed E-state index contributed by atoms with van der Waals surface area (Å²) in [5, 5.41) is 13.1. The maximum absolute atomic E-state index is 6.69. The molecular formula is C8H16N2U. The summed E-state index contributed by atoms with van der Waals surface area (Å²) in [5.41, 5.74) is 0.630. The molecule has 0 fully saturated rings. The van der Waals surface area contributed by atoms with Crippen LogP contribution in [0.25, 0.3) is 0 Å². The second kappa shape index (κ2) is 12.9. The van der Waals surface area contributed by atoms with Crippen LogP contribution in [0.4, 0.5) is 0 Å². The molecule has 0 spiro atoms. The van der Waals surface area contributed by atoms with E-state index in [2.05, 4.69) is 6.21 Å². The van der Waals surface area contributed by atoms with Gasteiger partial charge in [0, 0.05) is 0 Å². The van der Waals surface area contributed by atoms with E-state index in [4.69, 9.17) is 10.8 Å². The monoisotopic (exact) mass is 378 g/mol. The third-order valence-electron chi connectivity index (χ3n) is 0.722. The molecule has 2 N–H and O–H groups in total. The van der Waals surface area contributed by atoms with Gasteiger partial charge >= 0.3 is 31.1 Å². The molecular weight excluding hydrogens is 362 g/mol. The fraction of sp³-hybridized carbons (Fsp3) is 0.625. The van der Waals surface area contributed by atoms with Crippen LogP contribution < -0.4 is 0 Å². The van der Waals surface area contributed by atoms with Gasteiger partial charge < -0.3 is 23.5 Å². The van der Waals surface area contributed by atoms with Crippen molar-refractivity contribution in [2.45, 2.75) is 27.7 Å². The first-order valence-electron chi connectivity index (χ1n) is 3.31. The summed E-state index contributed by atoms with van der Waals surface area (Å²) in [7, 11) is 0. The molecule has 2 nitrogen and oxygen atoms in total. The van der Waals surface area contributed by atoms with Crippen LogP contribution in [0.15, 0.2) is 0 Å². The normalized spacial score (nSPS) is 7.00. The summed E-state index contributed by atoms with van der Waals surface area (Å²) in [4.78, 5) is 0. The summed E-state index contributed by atoms with van der Waals surface area (Å²) in [6.07, 6.45) is 4.03. The Morgan fingerprint density at radius 3 is 1.64 bits per heavy atom. The van der Waals surface area contributed by atoms with E-state index in [1.54, 1.807) is 13.3 Å². The second-order valence-electron chi connectivity index (χ2n) is 2.27. The molecule has 0 heterocycles. The summed E-state index contributed by atoms with van der Waals surface area (Å²) in [6.45, 7) is 7.45. The Kier molecular flexibility index (Phi) is 20.4. The van der Waals surface area contributed by atoms with E-state index < -0.39 is 0 Å². The first kappa shape index (κ1) is 17.4. The van der Waals surface area contributed by atoms with Crippen LogP contribution >= 0.6 is 0 Å². The third-order valence-corrected chi connectivity index (χ3v) is 0.722. The summed E-state index contributed by atoms with van der Waals surface area (Å²) < 4.78 is 0. The van der Waals surface area contributed by atoms with Gasteiger partial charge in [0.25, 0.3) is 0 Å². The van der Waals surface area contributed by atoms with Gasteiger partial charge in [-0.3, -0.25) is 0 Å². The fourth-order valence-electron chi connectivity index (χ4n) is 0. The number of hydrogen-bond donors (Lipinski definition) is 2. The van der Waals surface area contributed by atoms with Gasteiger partial charge in [-0.2, -0.15) is 12.8 Å². The van der Waals surface area contributed by atoms with E-state index in [0.717, 1.165) is 0 Å². The van der Waals surface area contributed by atoms with Crippen molar-refractivity contribution in [3.63, 3.8) is 0 Å². The SMILES string of the molecule is CC(C)[C-]=N.C[CH-]C(C)=N.[U+2]. The molecule has 0 aromatic rings. The molecule has 62 valence electrons. The maximum atomic E-state index is 6.69. The third kappa shape index (κ3) is 38.6. The molecule has 0 radical (unpaired) electrons. The Bertz CT molecular complexity index is 100. The van der Waals surface area contributed by atoms with Crippen LogP contribution in [0.5, 0.6) is 0 Å². The Morgan fingerprint density at radius 1 is 1.45 bits per heavy atom. The van der Waals surface area contributed by atoms with Crippen LogP contribution in [0.3, 0.4) is 0 Å². The molecule has 11 heavy (non-hydrogen) atoms. The van der Waals surface area contributed by atoms with Crippen LogP contribution in [-0.4, -0.2) is 11.9 Å². The van der Waals surface area contributed by atoms with Crippen molar-refractivity contribution in [2.24, 2.45) is 5.92 Å². The van der Waals surface area contributed by atoms with Gasteiger partial charge in [-0.15, -0.1) is 5.71 Å². The Hall–Kier alpha value is 0.262. The topological polar surface area (TPSA) is 47.7 Å². The van der Waals surface area contributed by atoms with Gasteiger partial charge in [0.05, 0.1) is 0 Å². The van der Waals surface area contributed by atoms with Crippen molar-refractivity contribution in [1.29, 1.82) is 10.8 Å². The molecule has 0 bridgehead atoms. The Morgan fingerprint density at radius 2 is 1.64 bits per heavy atom. The zero-order chi connectivity index (χ0) is 8.57.